The molecular formula is C25H32FN5O. The van der Waals surface area contributed by atoms with Gasteiger partial charge in [-0.25, -0.2) is 4.39 Å². The highest BCUT2D eigenvalue weighted by Crippen LogP contribution is 2.29. The van der Waals surface area contributed by atoms with Crippen LogP contribution < -0.4 is 0 Å². The number of nitrogens with zero attached hydrogens (tertiary/aromatic N) is 5. The lowest BCUT2D eigenvalue weighted by Gasteiger charge is -2.39. The average Bonchev–Trinajstić information content (AvgIpc) is 3.22. The summed E-state index contributed by atoms with van der Waals surface area (Å²) in [5.74, 6) is 0.625. The molecule has 2 aromatic carbocycles. The van der Waals surface area contributed by atoms with Crippen LogP contribution in [0.5, 0.6) is 0 Å². The first kappa shape index (κ1) is 22.6. The van der Waals surface area contributed by atoms with E-state index in [1.165, 1.54) is 17.7 Å². The summed E-state index contributed by atoms with van der Waals surface area (Å²) in [6.07, 6.45) is 2.53. The largest absolute Gasteiger partial charge is 0.390 e. The molecule has 1 atom stereocenters. The summed E-state index contributed by atoms with van der Waals surface area (Å²) in [6, 6.07) is 16.9. The molecule has 1 N–H and O–H groups in total. The van der Waals surface area contributed by atoms with Crippen LogP contribution in [0.2, 0.25) is 0 Å². The van der Waals surface area contributed by atoms with Gasteiger partial charge in [-0.15, -0.1) is 10.2 Å². The summed E-state index contributed by atoms with van der Waals surface area (Å²) in [4.78, 5) is 4.80. The molecule has 1 saturated heterocycles. The highest BCUT2D eigenvalue weighted by atomic mass is 19.1. The number of rotatable bonds is 8. The molecule has 0 amide bonds. The van der Waals surface area contributed by atoms with Gasteiger partial charge in [0.15, 0.2) is 5.82 Å². The first-order valence-corrected chi connectivity index (χ1v) is 11.2. The molecular weight excluding hydrogens is 405 g/mol. The zero-order chi connectivity index (χ0) is 22.6. The van der Waals surface area contributed by atoms with Gasteiger partial charge in [0.1, 0.15) is 12.1 Å². The molecule has 0 aliphatic carbocycles. The van der Waals surface area contributed by atoms with Gasteiger partial charge >= 0.3 is 0 Å². The standard InChI is InChI=1S/C25H32FN5O/c1-25(2,32)12-13-29-14-16-30(17-15-29)23(21-8-10-22(26)11-9-21)24-28-27-19-31(24)18-20-6-4-3-5-7-20/h3-11,19,23,32H,12-18H2,1-2H3. The van der Waals surface area contributed by atoms with Gasteiger partial charge in [-0.1, -0.05) is 42.5 Å². The molecule has 0 bridgehead atoms. The number of aromatic nitrogens is 3. The minimum Gasteiger partial charge on any atom is -0.390 e. The molecule has 6 nitrogen and oxygen atoms in total. The van der Waals surface area contributed by atoms with E-state index in [0.717, 1.165) is 50.5 Å². The van der Waals surface area contributed by atoms with E-state index < -0.39 is 5.60 Å². The van der Waals surface area contributed by atoms with Gasteiger partial charge in [0, 0.05) is 32.7 Å². The number of hydrogen-bond acceptors (Lipinski definition) is 5. The number of piperazine rings is 1. The van der Waals surface area contributed by atoms with E-state index >= 15 is 0 Å². The zero-order valence-electron chi connectivity index (χ0n) is 18.9. The highest BCUT2D eigenvalue weighted by Gasteiger charge is 2.30. The van der Waals surface area contributed by atoms with E-state index in [1.807, 2.05) is 44.2 Å². The molecule has 4 rings (SSSR count). The Morgan fingerprint density at radius 1 is 1.00 bits per heavy atom. The lowest BCUT2D eigenvalue weighted by Crippen LogP contribution is -2.49. The Bertz CT molecular complexity index is 976. The van der Waals surface area contributed by atoms with E-state index in [2.05, 4.69) is 36.7 Å². The third kappa shape index (κ3) is 5.79. The van der Waals surface area contributed by atoms with Crippen molar-refractivity contribution >= 4 is 0 Å². The molecule has 1 fully saturated rings. The first-order valence-electron chi connectivity index (χ1n) is 11.2. The van der Waals surface area contributed by atoms with Crippen molar-refractivity contribution in [3.05, 3.63) is 83.7 Å². The van der Waals surface area contributed by atoms with Crippen molar-refractivity contribution in [2.45, 2.75) is 38.5 Å². The monoisotopic (exact) mass is 437 g/mol. The third-order valence-electron chi connectivity index (χ3n) is 6.08. The number of halogens is 1. The highest BCUT2D eigenvalue weighted by molar-refractivity contribution is 5.26. The molecule has 0 spiro atoms. The second kappa shape index (κ2) is 9.90. The smallest absolute Gasteiger partial charge is 0.155 e. The minimum absolute atomic E-state index is 0.0988. The van der Waals surface area contributed by atoms with Crippen LogP contribution in [-0.4, -0.2) is 68.0 Å². The predicted octanol–water partition coefficient (Wildman–Crippen LogP) is 3.33. The fraction of sp³-hybridized carbons (Fsp3) is 0.440. The predicted molar refractivity (Wildman–Crippen MR) is 123 cm³/mol. The van der Waals surface area contributed by atoms with Crippen molar-refractivity contribution in [2.24, 2.45) is 0 Å². The fourth-order valence-corrected chi connectivity index (χ4v) is 4.22. The Morgan fingerprint density at radius 2 is 1.69 bits per heavy atom. The van der Waals surface area contributed by atoms with Gasteiger partial charge in [-0.3, -0.25) is 4.90 Å². The van der Waals surface area contributed by atoms with Crippen molar-refractivity contribution in [2.75, 3.05) is 32.7 Å². The number of benzene rings is 2. The third-order valence-corrected chi connectivity index (χ3v) is 6.08. The normalized spacial score (nSPS) is 16.9. The Balaban J connectivity index is 1.55. The van der Waals surface area contributed by atoms with E-state index in [4.69, 9.17) is 0 Å². The lowest BCUT2D eigenvalue weighted by atomic mass is 10.0. The van der Waals surface area contributed by atoms with Gasteiger partial charge < -0.3 is 14.6 Å². The molecule has 7 heteroatoms. The van der Waals surface area contributed by atoms with Crippen LogP contribution in [0.1, 0.15) is 43.3 Å². The molecule has 1 unspecified atom stereocenters. The van der Waals surface area contributed by atoms with Crippen LogP contribution in [0.25, 0.3) is 0 Å². The van der Waals surface area contributed by atoms with Crippen LogP contribution in [0, 0.1) is 5.82 Å². The summed E-state index contributed by atoms with van der Waals surface area (Å²) in [5.41, 5.74) is 1.54. The number of aliphatic hydroxyl groups is 1. The Hall–Kier alpha value is -2.61. The molecule has 1 aliphatic heterocycles. The summed E-state index contributed by atoms with van der Waals surface area (Å²) in [5, 5.41) is 18.8. The average molecular weight is 438 g/mol. The van der Waals surface area contributed by atoms with E-state index in [9.17, 15) is 9.50 Å². The molecule has 2 heterocycles. The van der Waals surface area contributed by atoms with Crippen LogP contribution in [0.15, 0.2) is 60.9 Å². The SMILES string of the molecule is CC(C)(O)CCN1CCN(C(c2ccc(F)cc2)c2nncn2Cc2ccccc2)CC1. The fourth-order valence-electron chi connectivity index (χ4n) is 4.22. The van der Waals surface area contributed by atoms with Gasteiger partial charge in [0.25, 0.3) is 0 Å². The van der Waals surface area contributed by atoms with Crippen molar-refractivity contribution in [1.29, 1.82) is 0 Å². The second-order valence-corrected chi connectivity index (χ2v) is 9.20. The van der Waals surface area contributed by atoms with E-state index in [1.54, 1.807) is 6.33 Å². The molecule has 32 heavy (non-hydrogen) atoms. The van der Waals surface area contributed by atoms with Crippen molar-refractivity contribution < 1.29 is 9.50 Å². The van der Waals surface area contributed by atoms with E-state index in [-0.39, 0.29) is 11.9 Å². The summed E-state index contributed by atoms with van der Waals surface area (Å²) in [6.45, 7) is 8.84. The van der Waals surface area contributed by atoms with E-state index in [0.29, 0.717) is 6.54 Å². The first-order chi connectivity index (χ1) is 15.4. The molecule has 1 aliphatic rings. The Labute approximate surface area is 189 Å². The van der Waals surface area contributed by atoms with Gasteiger partial charge in [0.05, 0.1) is 18.2 Å². The van der Waals surface area contributed by atoms with Gasteiger partial charge in [-0.2, -0.15) is 0 Å². The molecule has 170 valence electrons. The minimum atomic E-state index is -0.651. The van der Waals surface area contributed by atoms with Crippen molar-refractivity contribution in [3.63, 3.8) is 0 Å². The summed E-state index contributed by atoms with van der Waals surface area (Å²) in [7, 11) is 0. The summed E-state index contributed by atoms with van der Waals surface area (Å²) < 4.78 is 15.7. The Kier molecular flexibility index (Phi) is 6.98. The van der Waals surface area contributed by atoms with Crippen LogP contribution >= 0.6 is 0 Å². The Morgan fingerprint density at radius 3 is 2.34 bits per heavy atom. The quantitative estimate of drug-likeness (QED) is 0.586. The van der Waals surface area contributed by atoms with Crippen LogP contribution in [-0.2, 0) is 6.54 Å². The zero-order valence-corrected chi connectivity index (χ0v) is 18.9. The topological polar surface area (TPSA) is 57.4 Å². The maximum absolute atomic E-state index is 13.7. The van der Waals surface area contributed by atoms with Gasteiger partial charge in [-0.05, 0) is 43.5 Å². The lowest BCUT2D eigenvalue weighted by molar-refractivity contribution is 0.0433. The maximum Gasteiger partial charge on any atom is 0.155 e. The van der Waals surface area contributed by atoms with Gasteiger partial charge in [0.2, 0.25) is 0 Å². The second-order valence-electron chi connectivity index (χ2n) is 9.20. The van der Waals surface area contributed by atoms with Crippen molar-refractivity contribution in [1.82, 2.24) is 24.6 Å². The van der Waals surface area contributed by atoms with Crippen LogP contribution in [0.3, 0.4) is 0 Å². The molecule has 1 aromatic heterocycles. The molecule has 0 radical (unpaired) electrons. The maximum atomic E-state index is 13.7. The number of hydrogen-bond donors (Lipinski definition) is 1. The molecule has 0 saturated carbocycles. The van der Waals surface area contributed by atoms with Crippen molar-refractivity contribution in [3.8, 4) is 0 Å². The summed E-state index contributed by atoms with van der Waals surface area (Å²) >= 11 is 0. The van der Waals surface area contributed by atoms with Crippen LogP contribution in [0.4, 0.5) is 4.39 Å². The molecule has 3 aromatic rings.